The van der Waals surface area contributed by atoms with Gasteiger partial charge in [-0.05, 0) is 30.3 Å². The lowest BCUT2D eigenvalue weighted by molar-refractivity contribution is 0.0694. The molecule has 0 aliphatic carbocycles. The zero-order valence-electron chi connectivity index (χ0n) is 9.36. The zero-order valence-corrected chi connectivity index (χ0v) is 11.7. The highest BCUT2D eigenvalue weighted by atomic mass is 79.9. The number of hydrogen-bond acceptors (Lipinski definition) is 2. The minimum Gasteiger partial charge on any atom is -0.478 e. The Balaban J connectivity index is 2.37. The Kier molecular flexibility index (Phi) is 4.07. The molecular weight excluding hydrogens is 338 g/mol. The molecule has 0 saturated carbocycles. The van der Waals surface area contributed by atoms with Gasteiger partial charge in [-0.2, -0.15) is 0 Å². The quantitative estimate of drug-likeness (QED) is 0.874. The average Bonchev–Trinajstić information content (AvgIpc) is 2.36. The lowest BCUT2D eigenvalue weighted by atomic mass is 10.2. The van der Waals surface area contributed by atoms with E-state index < -0.39 is 11.8 Å². The van der Waals surface area contributed by atoms with Crippen molar-refractivity contribution in [3.05, 3.63) is 57.3 Å². The predicted molar refractivity (Wildman–Crippen MR) is 72.6 cm³/mol. The number of carboxylic acid groups (broad SMARTS) is 1. The second kappa shape index (κ2) is 5.59. The molecule has 0 fully saturated rings. The number of hydrogen-bond donors (Lipinski definition) is 1. The third-order valence-electron chi connectivity index (χ3n) is 2.29. The Morgan fingerprint density at radius 1 is 1.26 bits per heavy atom. The summed E-state index contributed by atoms with van der Waals surface area (Å²) in [5.74, 6) is -1.47. The van der Waals surface area contributed by atoms with Gasteiger partial charge in [0.1, 0.15) is 22.9 Å². The molecule has 0 unspecified atom stereocenters. The number of aromatic carboxylic acids is 1. The first-order chi connectivity index (χ1) is 8.97. The van der Waals surface area contributed by atoms with Crippen LogP contribution in [0.2, 0.25) is 5.02 Å². The van der Waals surface area contributed by atoms with Gasteiger partial charge in [0.05, 0.1) is 5.02 Å². The third-order valence-corrected chi connectivity index (χ3v) is 3.09. The second-order valence-electron chi connectivity index (χ2n) is 3.62. The highest BCUT2D eigenvalue weighted by molar-refractivity contribution is 9.10. The van der Waals surface area contributed by atoms with Gasteiger partial charge in [0, 0.05) is 10.5 Å². The van der Waals surface area contributed by atoms with Gasteiger partial charge in [-0.15, -0.1) is 0 Å². The number of carbonyl (C=O) groups is 1. The van der Waals surface area contributed by atoms with Crippen LogP contribution in [0.25, 0.3) is 0 Å². The van der Waals surface area contributed by atoms with Gasteiger partial charge in [0.15, 0.2) is 0 Å². The molecule has 2 aromatic carbocycles. The van der Waals surface area contributed by atoms with Crippen LogP contribution in [0.1, 0.15) is 10.4 Å². The molecule has 2 rings (SSSR count). The Morgan fingerprint density at radius 2 is 2.00 bits per heavy atom. The van der Waals surface area contributed by atoms with Gasteiger partial charge < -0.3 is 9.84 Å². The Morgan fingerprint density at radius 3 is 2.63 bits per heavy atom. The van der Waals surface area contributed by atoms with E-state index in [-0.39, 0.29) is 22.1 Å². The fourth-order valence-corrected chi connectivity index (χ4v) is 1.90. The van der Waals surface area contributed by atoms with Crippen molar-refractivity contribution < 1.29 is 19.0 Å². The van der Waals surface area contributed by atoms with E-state index in [9.17, 15) is 9.18 Å². The lowest BCUT2D eigenvalue weighted by Gasteiger charge is -2.09. The fraction of sp³-hybridized carbons (Fsp3) is 0. The van der Waals surface area contributed by atoms with Crippen molar-refractivity contribution in [3.8, 4) is 11.5 Å². The van der Waals surface area contributed by atoms with E-state index in [1.165, 1.54) is 24.3 Å². The standard InChI is InChI=1S/C13H7BrClFO3/c14-7-1-4-12(9(5-7)13(17)18)19-8-2-3-10(15)11(16)6-8/h1-6H,(H,17,18). The van der Waals surface area contributed by atoms with Crippen molar-refractivity contribution >= 4 is 33.5 Å². The van der Waals surface area contributed by atoms with Crippen molar-refractivity contribution in [2.45, 2.75) is 0 Å². The molecule has 1 N–H and O–H groups in total. The molecule has 6 heteroatoms. The van der Waals surface area contributed by atoms with Gasteiger partial charge in [-0.25, -0.2) is 9.18 Å². The molecule has 0 amide bonds. The van der Waals surface area contributed by atoms with Crippen LogP contribution in [-0.4, -0.2) is 11.1 Å². The average molecular weight is 346 g/mol. The second-order valence-corrected chi connectivity index (χ2v) is 4.95. The van der Waals surface area contributed by atoms with Crippen molar-refractivity contribution in [3.63, 3.8) is 0 Å². The maximum Gasteiger partial charge on any atom is 0.339 e. The Bertz CT molecular complexity index is 646. The zero-order chi connectivity index (χ0) is 14.0. The molecule has 0 saturated heterocycles. The van der Waals surface area contributed by atoms with Crippen molar-refractivity contribution in [2.75, 3.05) is 0 Å². The van der Waals surface area contributed by atoms with E-state index in [0.29, 0.717) is 4.47 Å². The minimum atomic E-state index is -1.13. The number of rotatable bonds is 3. The molecular formula is C13H7BrClFO3. The van der Waals surface area contributed by atoms with E-state index in [4.69, 9.17) is 21.4 Å². The highest BCUT2D eigenvalue weighted by Crippen LogP contribution is 2.29. The van der Waals surface area contributed by atoms with Crippen LogP contribution in [0, 0.1) is 5.82 Å². The monoisotopic (exact) mass is 344 g/mol. The maximum absolute atomic E-state index is 13.3. The van der Waals surface area contributed by atoms with Crippen LogP contribution >= 0.6 is 27.5 Å². The normalized spacial score (nSPS) is 10.3. The first-order valence-electron chi connectivity index (χ1n) is 5.13. The first kappa shape index (κ1) is 13.8. The summed E-state index contributed by atoms with van der Waals surface area (Å²) in [5, 5.41) is 9.04. The van der Waals surface area contributed by atoms with E-state index >= 15 is 0 Å². The molecule has 2 aromatic rings. The molecule has 3 nitrogen and oxygen atoms in total. The van der Waals surface area contributed by atoms with E-state index in [1.807, 2.05) is 0 Å². The molecule has 0 aliphatic rings. The number of carboxylic acids is 1. The summed E-state index contributed by atoms with van der Waals surface area (Å²) in [6.45, 7) is 0. The summed E-state index contributed by atoms with van der Waals surface area (Å²) < 4.78 is 19.2. The lowest BCUT2D eigenvalue weighted by Crippen LogP contribution is -2.00. The molecule has 19 heavy (non-hydrogen) atoms. The molecule has 0 aromatic heterocycles. The molecule has 98 valence electrons. The Labute approximate surface area is 121 Å². The largest absolute Gasteiger partial charge is 0.478 e. The van der Waals surface area contributed by atoms with Gasteiger partial charge in [-0.3, -0.25) is 0 Å². The van der Waals surface area contributed by atoms with E-state index in [0.717, 1.165) is 6.07 Å². The van der Waals surface area contributed by atoms with Crippen LogP contribution in [-0.2, 0) is 0 Å². The topological polar surface area (TPSA) is 46.5 Å². The minimum absolute atomic E-state index is 0.0234. The summed E-state index contributed by atoms with van der Waals surface area (Å²) in [4.78, 5) is 11.1. The molecule has 0 atom stereocenters. The summed E-state index contributed by atoms with van der Waals surface area (Å²) in [5.41, 5.74) is -0.0234. The number of halogens is 3. The fourth-order valence-electron chi connectivity index (χ4n) is 1.43. The van der Waals surface area contributed by atoms with Crippen LogP contribution in [0.3, 0.4) is 0 Å². The summed E-state index contributed by atoms with van der Waals surface area (Å²) in [6.07, 6.45) is 0. The van der Waals surface area contributed by atoms with Gasteiger partial charge >= 0.3 is 5.97 Å². The molecule has 0 aliphatic heterocycles. The van der Waals surface area contributed by atoms with Gasteiger partial charge in [-0.1, -0.05) is 27.5 Å². The van der Waals surface area contributed by atoms with E-state index in [1.54, 1.807) is 6.07 Å². The number of benzene rings is 2. The molecule has 0 spiro atoms. The third kappa shape index (κ3) is 3.24. The SMILES string of the molecule is O=C(O)c1cc(Br)ccc1Oc1ccc(Cl)c(F)c1. The predicted octanol–water partition coefficient (Wildman–Crippen LogP) is 4.73. The van der Waals surface area contributed by atoms with Gasteiger partial charge in [0.25, 0.3) is 0 Å². The van der Waals surface area contributed by atoms with Crippen LogP contribution < -0.4 is 4.74 Å². The van der Waals surface area contributed by atoms with Crippen molar-refractivity contribution in [2.24, 2.45) is 0 Å². The summed E-state index contributed by atoms with van der Waals surface area (Å²) in [7, 11) is 0. The van der Waals surface area contributed by atoms with Gasteiger partial charge in [0.2, 0.25) is 0 Å². The van der Waals surface area contributed by atoms with Crippen molar-refractivity contribution in [1.82, 2.24) is 0 Å². The maximum atomic E-state index is 13.3. The smallest absolute Gasteiger partial charge is 0.339 e. The van der Waals surface area contributed by atoms with Crippen molar-refractivity contribution in [1.29, 1.82) is 0 Å². The summed E-state index contributed by atoms with van der Waals surface area (Å²) >= 11 is 8.73. The Hall–Kier alpha value is -1.59. The summed E-state index contributed by atoms with van der Waals surface area (Å²) in [6, 6.07) is 8.42. The van der Waals surface area contributed by atoms with Crippen LogP contribution in [0.15, 0.2) is 40.9 Å². The van der Waals surface area contributed by atoms with E-state index in [2.05, 4.69) is 15.9 Å². The highest BCUT2D eigenvalue weighted by Gasteiger charge is 2.13. The van der Waals surface area contributed by atoms with Crippen LogP contribution in [0.5, 0.6) is 11.5 Å². The van der Waals surface area contributed by atoms with Crippen LogP contribution in [0.4, 0.5) is 4.39 Å². The molecule has 0 radical (unpaired) electrons. The molecule has 0 bridgehead atoms. The molecule has 0 heterocycles. The number of ether oxygens (including phenoxy) is 1. The first-order valence-corrected chi connectivity index (χ1v) is 6.30.